The van der Waals surface area contributed by atoms with Crippen molar-refractivity contribution < 1.29 is 4.74 Å². The van der Waals surface area contributed by atoms with E-state index in [-0.39, 0.29) is 12.4 Å². The Balaban J connectivity index is 0.00000144. The zero-order chi connectivity index (χ0) is 11.4. The number of halogens is 2. The van der Waals surface area contributed by atoms with Gasteiger partial charge in [0.1, 0.15) is 5.15 Å². The van der Waals surface area contributed by atoms with Crippen molar-refractivity contribution in [3.05, 3.63) is 16.9 Å². The Bertz CT molecular complexity index is 336. The standard InChI is InChI=1S/C11H16ClN3O.ClH/c1-8-6-10(12)15-11(14-8)16-7-9-2-4-13-5-3-9;/h6,9,13H,2-5,7H2,1H3;1H. The summed E-state index contributed by atoms with van der Waals surface area (Å²) in [5, 5.41) is 3.76. The van der Waals surface area contributed by atoms with Gasteiger partial charge in [0.2, 0.25) is 0 Å². The van der Waals surface area contributed by atoms with E-state index < -0.39 is 0 Å². The zero-order valence-corrected chi connectivity index (χ0v) is 11.4. The number of hydrogen-bond donors (Lipinski definition) is 1. The first kappa shape index (κ1) is 14.5. The van der Waals surface area contributed by atoms with Crippen LogP contribution in [0.2, 0.25) is 5.15 Å². The molecule has 1 fully saturated rings. The van der Waals surface area contributed by atoms with E-state index in [9.17, 15) is 0 Å². The Morgan fingerprint density at radius 3 is 2.76 bits per heavy atom. The molecule has 17 heavy (non-hydrogen) atoms. The maximum Gasteiger partial charge on any atom is 0.318 e. The van der Waals surface area contributed by atoms with Crippen LogP contribution < -0.4 is 10.1 Å². The Hall–Kier alpha value is -0.580. The van der Waals surface area contributed by atoms with Crippen LogP contribution in [0.25, 0.3) is 0 Å². The first-order valence-corrected chi connectivity index (χ1v) is 5.96. The topological polar surface area (TPSA) is 47.0 Å². The van der Waals surface area contributed by atoms with E-state index in [2.05, 4.69) is 15.3 Å². The van der Waals surface area contributed by atoms with Gasteiger partial charge in [-0.25, -0.2) is 4.98 Å². The average Bonchev–Trinajstić information content (AvgIpc) is 2.27. The molecule has 96 valence electrons. The largest absolute Gasteiger partial charge is 0.463 e. The minimum absolute atomic E-state index is 0. The summed E-state index contributed by atoms with van der Waals surface area (Å²) in [6.07, 6.45) is 2.30. The fraction of sp³-hybridized carbons (Fsp3) is 0.636. The fourth-order valence-corrected chi connectivity index (χ4v) is 2.04. The third-order valence-electron chi connectivity index (χ3n) is 2.71. The van der Waals surface area contributed by atoms with E-state index >= 15 is 0 Å². The molecule has 0 radical (unpaired) electrons. The second kappa shape index (κ2) is 6.99. The lowest BCUT2D eigenvalue weighted by molar-refractivity contribution is 0.201. The SMILES string of the molecule is Cc1cc(Cl)nc(OCC2CCNCC2)n1.Cl. The van der Waals surface area contributed by atoms with Crippen molar-refractivity contribution in [3.8, 4) is 6.01 Å². The van der Waals surface area contributed by atoms with E-state index in [0.717, 1.165) is 31.6 Å². The number of ether oxygens (including phenoxy) is 1. The van der Waals surface area contributed by atoms with Crippen molar-refractivity contribution in [2.75, 3.05) is 19.7 Å². The van der Waals surface area contributed by atoms with Crippen molar-refractivity contribution in [3.63, 3.8) is 0 Å². The maximum absolute atomic E-state index is 5.83. The van der Waals surface area contributed by atoms with Crippen LogP contribution in [0.4, 0.5) is 0 Å². The Labute approximate surface area is 113 Å². The summed E-state index contributed by atoms with van der Waals surface area (Å²) >= 11 is 5.83. The molecule has 0 aliphatic carbocycles. The Morgan fingerprint density at radius 1 is 1.41 bits per heavy atom. The Morgan fingerprint density at radius 2 is 2.12 bits per heavy atom. The molecule has 1 aromatic heterocycles. The molecule has 1 N–H and O–H groups in total. The highest BCUT2D eigenvalue weighted by atomic mass is 35.5. The van der Waals surface area contributed by atoms with Crippen LogP contribution >= 0.6 is 24.0 Å². The summed E-state index contributed by atoms with van der Waals surface area (Å²) in [5.41, 5.74) is 0.834. The number of aromatic nitrogens is 2. The number of nitrogens with one attached hydrogen (secondary N) is 1. The minimum Gasteiger partial charge on any atom is -0.463 e. The van der Waals surface area contributed by atoms with E-state index in [1.54, 1.807) is 6.07 Å². The normalized spacial score (nSPS) is 16.4. The maximum atomic E-state index is 5.83. The molecule has 1 aromatic rings. The van der Waals surface area contributed by atoms with Gasteiger partial charge in [-0.05, 0) is 44.8 Å². The second-order valence-corrected chi connectivity index (χ2v) is 4.51. The monoisotopic (exact) mass is 277 g/mol. The molecule has 0 atom stereocenters. The van der Waals surface area contributed by atoms with Gasteiger partial charge in [0.15, 0.2) is 0 Å². The lowest BCUT2D eigenvalue weighted by Gasteiger charge is -2.22. The summed E-state index contributed by atoms with van der Waals surface area (Å²) in [7, 11) is 0. The molecule has 1 saturated heterocycles. The highest BCUT2D eigenvalue weighted by Crippen LogP contribution is 2.15. The van der Waals surface area contributed by atoms with Gasteiger partial charge in [0.05, 0.1) is 6.61 Å². The molecule has 4 nitrogen and oxygen atoms in total. The van der Waals surface area contributed by atoms with E-state index in [4.69, 9.17) is 16.3 Å². The van der Waals surface area contributed by atoms with Gasteiger partial charge in [-0.2, -0.15) is 4.98 Å². The molecule has 1 aliphatic rings. The molecular formula is C11H17Cl2N3O. The quantitative estimate of drug-likeness (QED) is 0.861. The molecule has 0 unspecified atom stereocenters. The van der Waals surface area contributed by atoms with Gasteiger partial charge < -0.3 is 10.1 Å². The minimum atomic E-state index is 0. The summed E-state index contributed by atoms with van der Waals surface area (Å²) in [6.45, 7) is 4.71. The molecule has 0 amide bonds. The lowest BCUT2D eigenvalue weighted by atomic mass is 9.99. The number of rotatable bonds is 3. The molecule has 2 heterocycles. The van der Waals surface area contributed by atoms with Crippen LogP contribution in [0.15, 0.2) is 6.07 Å². The first-order chi connectivity index (χ1) is 7.74. The molecule has 0 aromatic carbocycles. The van der Waals surface area contributed by atoms with E-state index in [1.165, 1.54) is 0 Å². The van der Waals surface area contributed by atoms with E-state index in [1.807, 2.05) is 6.92 Å². The number of hydrogen-bond acceptors (Lipinski definition) is 4. The molecule has 0 bridgehead atoms. The summed E-state index contributed by atoms with van der Waals surface area (Å²) in [6, 6.07) is 2.11. The zero-order valence-electron chi connectivity index (χ0n) is 9.78. The lowest BCUT2D eigenvalue weighted by Crippen LogP contribution is -2.30. The van der Waals surface area contributed by atoms with Gasteiger partial charge in [-0.1, -0.05) is 11.6 Å². The predicted molar refractivity (Wildman–Crippen MR) is 70.1 cm³/mol. The smallest absolute Gasteiger partial charge is 0.318 e. The average molecular weight is 278 g/mol. The Kier molecular flexibility index (Phi) is 5.95. The van der Waals surface area contributed by atoms with Crippen molar-refractivity contribution >= 4 is 24.0 Å². The number of aryl methyl sites for hydroxylation is 1. The molecule has 1 aliphatic heterocycles. The van der Waals surface area contributed by atoms with Gasteiger partial charge in [0, 0.05) is 5.69 Å². The third-order valence-corrected chi connectivity index (χ3v) is 2.90. The molecule has 0 spiro atoms. The van der Waals surface area contributed by atoms with Gasteiger partial charge in [-0.15, -0.1) is 12.4 Å². The van der Waals surface area contributed by atoms with E-state index in [0.29, 0.717) is 23.7 Å². The van der Waals surface area contributed by atoms with Crippen molar-refractivity contribution in [2.45, 2.75) is 19.8 Å². The van der Waals surface area contributed by atoms with Crippen molar-refractivity contribution in [2.24, 2.45) is 5.92 Å². The van der Waals surface area contributed by atoms with Crippen LogP contribution in [0.3, 0.4) is 0 Å². The highest BCUT2D eigenvalue weighted by molar-refractivity contribution is 6.29. The molecule has 2 rings (SSSR count). The van der Waals surface area contributed by atoms with Crippen molar-refractivity contribution in [1.82, 2.24) is 15.3 Å². The van der Waals surface area contributed by atoms with Crippen LogP contribution in [-0.2, 0) is 0 Å². The highest BCUT2D eigenvalue weighted by Gasteiger charge is 2.14. The van der Waals surface area contributed by atoms with Crippen LogP contribution in [0, 0.1) is 12.8 Å². The second-order valence-electron chi connectivity index (χ2n) is 4.12. The fourth-order valence-electron chi connectivity index (χ4n) is 1.81. The summed E-state index contributed by atoms with van der Waals surface area (Å²) in [5.74, 6) is 0.601. The molecule has 6 heteroatoms. The van der Waals surface area contributed by atoms with Crippen LogP contribution in [-0.4, -0.2) is 29.7 Å². The summed E-state index contributed by atoms with van der Waals surface area (Å²) in [4.78, 5) is 8.22. The number of piperidine rings is 1. The van der Waals surface area contributed by atoms with Gasteiger partial charge in [-0.3, -0.25) is 0 Å². The molecular weight excluding hydrogens is 261 g/mol. The predicted octanol–water partition coefficient (Wildman–Crippen LogP) is 2.24. The number of nitrogens with zero attached hydrogens (tertiary/aromatic N) is 2. The molecule has 0 saturated carbocycles. The first-order valence-electron chi connectivity index (χ1n) is 5.59. The van der Waals surface area contributed by atoms with Gasteiger partial charge >= 0.3 is 6.01 Å². The summed E-state index contributed by atoms with van der Waals surface area (Å²) < 4.78 is 5.57. The van der Waals surface area contributed by atoms with Gasteiger partial charge in [0.25, 0.3) is 0 Å². The van der Waals surface area contributed by atoms with Crippen molar-refractivity contribution in [1.29, 1.82) is 0 Å². The van der Waals surface area contributed by atoms with Crippen LogP contribution in [0.1, 0.15) is 18.5 Å². The van der Waals surface area contributed by atoms with Crippen LogP contribution in [0.5, 0.6) is 6.01 Å². The third kappa shape index (κ3) is 4.66.